The van der Waals surface area contributed by atoms with Crippen LogP contribution in [0.5, 0.6) is 0 Å². The van der Waals surface area contributed by atoms with E-state index >= 15 is 0 Å². The second-order valence-electron chi connectivity index (χ2n) is 63.5. The van der Waals surface area contributed by atoms with Gasteiger partial charge in [-0.05, 0) is 549 Å². The number of aliphatic hydroxyl groups excluding tert-OH is 5. The quantitative estimate of drug-likeness (QED) is 0.0620. The maximum absolute atomic E-state index is 10.3. The van der Waals surface area contributed by atoms with Gasteiger partial charge in [0.05, 0.1) is 30.5 Å². The largest absolute Gasteiger partial charge is 0.393 e. The summed E-state index contributed by atoms with van der Waals surface area (Å²) >= 11 is 0. The van der Waals surface area contributed by atoms with Crippen LogP contribution in [-0.2, 0) is 0 Å². The van der Waals surface area contributed by atoms with E-state index in [0.29, 0.717) is 71.9 Å². The van der Waals surface area contributed by atoms with Crippen LogP contribution in [0.15, 0.2) is 59.3 Å². The summed E-state index contributed by atoms with van der Waals surface area (Å²) in [5.74, 6) is 32.1. The molecule has 20 aliphatic carbocycles. The Morgan fingerprint density at radius 2 is 0.521 bits per heavy atom. The monoisotopic (exact) mass is 2020 g/mol. The highest BCUT2D eigenvalue weighted by atomic mass is 16.3. The molecule has 17 fully saturated rings. The predicted octanol–water partition coefficient (Wildman–Crippen LogP) is 38.3. The van der Waals surface area contributed by atoms with Crippen molar-refractivity contribution >= 4 is 0 Å². The fraction of sp³-hybridized carbons (Fsp3) is 0.929. The highest BCUT2D eigenvalue weighted by Gasteiger charge is 2.67. The second-order valence-corrected chi connectivity index (χ2v) is 63.5. The van der Waals surface area contributed by atoms with Crippen molar-refractivity contribution in [2.45, 2.75) is 553 Å². The van der Waals surface area contributed by atoms with Gasteiger partial charge in [0.15, 0.2) is 0 Å². The van der Waals surface area contributed by atoms with Crippen LogP contribution in [0.1, 0.15) is 522 Å². The molecule has 5 nitrogen and oxygen atoms in total. The molecule has 17 saturated carbocycles. The Morgan fingerprint density at radius 3 is 0.815 bits per heavy atom. The van der Waals surface area contributed by atoms with Gasteiger partial charge in [-0.2, -0.15) is 0 Å². The third-order valence-corrected chi connectivity index (χ3v) is 55.6. The van der Waals surface area contributed by atoms with E-state index < -0.39 is 0 Å². The lowest BCUT2D eigenvalue weighted by molar-refractivity contribution is -0.129. The van der Waals surface area contributed by atoms with Gasteiger partial charge in [-0.25, -0.2) is 0 Å². The smallest absolute Gasteiger partial charge is 0.0577 e. The molecule has 0 radical (unpaired) electrons. The lowest BCUT2D eigenvalue weighted by Crippen LogP contribution is -2.54. The average Bonchev–Trinajstić information content (AvgIpc) is 1.49. The number of fused-ring (bicyclic) bond motifs is 25. The minimum absolute atomic E-state index is 0.0107. The van der Waals surface area contributed by atoms with Crippen LogP contribution >= 0.6 is 0 Å². The van der Waals surface area contributed by atoms with Crippen molar-refractivity contribution < 1.29 is 25.5 Å². The van der Waals surface area contributed by atoms with Crippen molar-refractivity contribution in [1.29, 1.82) is 0 Å². The number of aliphatic hydroxyl groups is 5. The van der Waals surface area contributed by atoms with Crippen molar-refractivity contribution in [3.05, 3.63) is 59.3 Å². The third kappa shape index (κ3) is 22.6. The van der Waals surface area contributed by atoms with E-state index in [1.165, 1.54) is 250 Å². The number of hydrogen-bond acceptors (Lipinski definition) is 5. The maximum Gasteiger partial charge on any atom is 0.0577 e. The molecule has 0 heterocycles. The average molecular weight is 2020 g/mol. The first-order chi connectivity index (χ1) is 68.9. The summed E-state index contributed by atoms with van der Waals surface area (Å²) in [5, 5.41) is 51.2. The summed E-state index contributed by atoms with van der Waals surface area (Å²) < 4.78 is 0. The van der Waals surface area contributed by atoms with Crippen LogP contribution in [0.4, 0.5) is 0 Å². The molecule has 836 valence electrons. The van der Waals surface area contributed by atoms with E-state index in [1.54, 1.807) is 16.7 Å². The molecule has 0 aromatic heterocycles. The molecule has 20 rings (SSSR count). The van der Waals surface area contributed by atoms with Crippen molar-refractivity contribution in [3.63, 3.8) is 0 Å². The zero-order chi connectivity index (χ0) is 106. The fourth-order valence-corrected chi connectivity index (χ4v) is 44.4. The SMILES string of the molecule is CC(C)[C@@H](C)/C=C/[C@@H](C)C1CCC2C3CC=C4CC(O)CC[C@]4(C)C3CC[C@@]21C.CC(C)[C@@H](C)/C=C/[C@@H](C)C1CCC2C3CCC4CC(O)CC[C@]4(C)C3CC[C@@]21C.CC(C)[C@H](C)CC[C@@H](C)C1CCC2C3CC=C4CC(O)CC[C@]4(C)C3CC[C@@]21C.CC(C)[C@H](C)CC[C@@H](C)C1CCC2C3CCC4CC(O)CC[C@]4(C)C3CC[C@@]21C.CC[C@H](CC[C@@H](C)C1CCC2C3CC=C4CC(O)CC[C@]4(C)C3CC[C@@]21C)C(C)C. The molecule has 0 aromatic carbocycles. The summed E-state index contributed by atoms with van der Waals surface area (Å²) in [6, 6.07) is 0. The van der Waals surface area contributed by atoms with Gasteiger partial charge in [0.2, 0.25) is 0 Å². The summed E-state index contributed by atoms with van der Waals surface area (Å²) in [6.45, 7) is 75.0. The zero-order valence-electron chi connectivity index (χ0n) is 102. The lowest BCUT2D eigenvalue weighted by atomic mass is 9.44. The second kappa shape index (κ2) is 46.8. The number of allylic oxidation sites excluding steroid dienone is 7. The fourth-order valence-electron chi connectivity index (χ4n) is 44.4. The van der Waals surface area contributed by atoms with Gasteiger partial charge in [0.25, 0.3) is 0 Å². The molecule has 0 saturated heterocycles. The Morgan fingerprint density at radius 1 is 0.253 bits per heavy atom. The van der Waals surface area contributed by atoms with E-state index in [9.17, 15) is 25.5 Å². The lowest BCUT2D eigenvalue weighted by Gasteiger charge is -2.61. The van der Waals surface area contributed by atoms with Gasteiger partial charge in [-0.3, -0.25) is 0 Å². The first-order valence-electron chi connectivity index (χ1n) is 65.7. The normalized spacial score (nSPS) is 47.5. The molecule has 20 aliphatic rings. The topological polar surface area (TPSA) is 101 Å². The minimum atomic E-state index is -0.0866. The molecule has 0 aliphatic heterocycles. The van der Waals surface area contributed by atoms with E-state index in [-0.39, 0.29) is 30.5 Å². The Labute approximate surface area is 904 Å². The third-order valence-electron chi connectivity index (χ3n) is 55.6. The predicted molar refractivity (Wildman–Crippen MR) is 622 cm³/mol. The molecule has 47 atom stereocenters. The molecule has 5 N–H and O–H groups in total. The van der Waals surface area contributed by atoms with Crippen LogP contribution < -0.4 is 0 Å². The molecule has 0 bridgehead atoms. The summed E-state index contributed by atoms with van der Waals surface area (Å²) in [5.41, 5.74) is 9.89. The van der Waals surface area contributed by atoms with Crippen molar-refractivity contribution in [2.75, 3.05) is 0 Å². The van der Waals surface area contributed by atoms with E-state index in [0.717, 1.165) is 265 Å². The molecular formula is C141H242O5. The van der Waals surface area contributed by atoms with Gasteiger partial charge in [0.1, 0.15) is 0 Å². The summed E-state index contributed by atoms with van der Waals surface area (Å²) in [6.07, 6.45) is 82.8. The van der Waals surface area contributed by atoms with Gasteiger partial charge < -0.3 is 25.5 Å². The molecule has 146 heavy (non-hydrogen) atoms. The van der Waals surface area contributed by atoms with E-state index in [4.69, 9.17) is 0 Å². The van der Waals surface area contributed by atoms with Gasteiger partial charge in [-0.1, -0.05) is 305 Å². The van der Waals surface area contributed by atoms with Gasteiger partial charge in [0, 0.05) is 0 Å². The molecule has 0 amide bonds. The summed E-state index contributed by atoms with van der Waals surface area (Å²) in [4.78, 5) is 0. The Kier molecular flexibility index (Phi) is 37.5. The molecule has 0 aromatic rings. The van der Waals surface area contributed by atoms with Crippen LogP contribution in [0, 0.1) is 273 Å². The van der Waals surface area contributed by atoms with E-state index in [2.05, 4.69) is 250 Å². The Bertz CT molecular complexity index is 4340. The number of hydrogen-bond donors (Lipinski definition) is 5. The molecule has 5 heteroatoms. The van der Waals surface area contributed by atoms with Gasteiger partial charge >= 0.3 is 0 Å². The first-order valence-corrected chi connectivity index (χ1v) is 65.7. The van der Waals surface area contributed by atoms with Crippen molar-refractivity contribution in [3.8, 4) is 0 Å². The van der Waals surface area contributed by atoms with Crippen molar-refractivity contribution in [2.24, 2.45) is 273 Å². The van der Waals surface area contributed by atoms with Gasteiger partial charge in [-0.15, -0.1) is 0 Å². The van der Waals surface area contributed by atoms with Crippen LogP contribution in [0.3, 0.4) is 0 Å². The highest BCUT2D eigenvalue weighted by molar-refractivity contribution is 5.30. The minimum Gasteiger partial charge on any atom is -0.393 e. The van der Waals surface area contributed by atoms with Crippen LogP contribution in [0.25, 0.3) is 0 Å². The standard InChI is InChI=1S/C29H50O.C28H50O.2C28H48O.C28H46O/c1-7-21(19(2)3)9-8-20(4)25-12-13-26-24-11-10-22-18-23(30)14-16-28(22,5)27(24)15-17-29(25,26)6;4*1-18(2)19(3)7-8-20(4)24-11-12-25-23-10-9-21-17-22(29)13-15-27(21,5)26(23)14-16-28(24,25)6/h10,19-21,23-27,30H,7-9,11-18H2,1-6H3;18-26,29H,7-17H2,1-6H3;9,18-20,22-26,29H,7-8,10-17H2,1-6H3;7-8,18-26,29H,9-17H2,1-6H3;7-9,18-20,22-26,29H,10-17H2,1-6H3/b;;;2*8-7+/t20-,21-,23?,24?,25?,26?,27?,28+,29-;19-,20-,21?,22?,23?,24?,25?,26?,27+,28-;19-,20-,22?,23?,24?,25?,26?,27+,28-;19-,20+,21?,22?,23?,24?,25?,26?,27-,28+;19-,20+,22?,23?,24?,25?,26?,27-,28+/m11100/s1. The summed E-state index contributed by atoms with van der Waals surface area (Å²) in [7, 11) is 0. The molecule has 0 spiro atoms. The zero-order valence-corrected chi connectivity index (χ0v) is 102. The van der Waals surface area contributed by atoms with Crippen molar-refractivity contribution in [1.82, 2.24) is 0 Å². The van der Waals surface area contributed by atoms with Crippen LogP contribution in [0.2, 0.25) is 0 Å². The Hall–Kier alpha value is -1.50. The number of rotatable bonds is 24. The maximum atomic E-state index is 10.3. The highest BCUT2D eigenvalue weighted by Crippen LogP contribution is 2.76. The van der Waals surface area contributed by atoms with Crippen LogP contribution in [-0.4, -0.2) is 56.1 Å². The van der Waals surface area contributed by atoms with E-state index in [1.807, 2.05) is 0 Å². The first kappa shape index (κ1) is 117. The Balaban J connectivity index is 0.000000131. The molecule has 27 unspecified atom stereocenters. The molecular weight excluding hydrogens is 1770 g/mol.